The van der Waals surface area contributed by atoms with Gasteiger partial charge in [-0.25, -0.2) is 0 Å². The molecule has 0 aromatic heterocycles. The molecule has 2 amide bonds. The third-order valence-corrected chi connectivity index (χ3v) is 7.53. The minimum Gasteiger partial charge on any atom is -0.378 e. The molecule has 3 N–H and O–H groups in total. The molecule has 192 valence electrons. The highest BCUT2D eigenvalue weighted by atomic mass is 16.2. The maximum atomic E-state index is 14.0. The van der Waals surface area contributed by atoms with Gasteiger partial charge < -0.3 is 16.0 Å². The summed E-state index contributed by atoms with van der Waals surface area (Å²) in [5.74, 6) is -0.789. The van der Waals surface area contributed by atoms with E-state index in [9.17, 15) is 9.59 Å². The first-order valence-electron chi connectivity index (χ1n) is 12.9. The van der Waals surface area contributed by atoms with Gasteiger partial charge in [0.15, 0.2) is 0 Å². The Balaban J connectivity index is 1.72. The molecule has 5 rings (SSSR count). The Morgan fingerprint density at radius 3 is 1.82 bits per heavy atom. The Bertz CT molecular complexity index is 1500. The van der Waals surface area contributed by atoms with Gasteiger partial charge in [-0.1, -0.05) is 78.7 Å². The highest BCUT2D eigenvalue weighted by Crippen LogP contribution is 2.43. The number of amides is 2. The van der Waals surface area contributed by atoms with Crippen LogP contribution in [0.4, 0.5) is 11.4 Å². The van der Waals surface area contributed by atoms with E-state index in [0.717, 1.165) is 33.0 Å². The van der Waals surface area contributed by atoms with Crippen molar-refractivity contribution in [3.8, 4) is 0 Å². The molecule has 1 aliphatic rings. The molecule has 0 saturated carbocycles. The summed E-state index contributed by atoms with van der Waals surface area (Å²) < 4.78 is 0. The second kappa shape index (κ2) is 9.82. The quantitative estimate of drug-likeness (QED) is 0.161. The molecule has 0 fully saturated rings. The molecule has 0 aliphatic carbocycles. The van der Waals surface area contributed by atoms with Gasteiger partial charge in [0.2, 0.25) is 0 Å². The molecule has 0 bridgehead atoms. The number of hydrogen-bond donors (Lipinski definition) is 3. The highest BCUT2D eigenvalue weighted by Gasteiger charge is 2.39. The lowest BCUT2D eigenvalue weighted by Gasteiger charge is -2.42. The van der Waals surface area contributed by atoms with Crippen LogP contribution in [-0.2, 0) is 9.59 Å². The van der Waals surface area contributed by atoms with E-state index in [-0.39, 0.29) is 11.5 Å². The summed E-state index contributed by atoms with van der Waals surface area (Å²) in [6.45, 7) is 10.4. The van der Waals surface area contributed by atoms with E-state index in [2.05, 4.69) is 54.9 Å². The van der Waals surface area contributed by atoms with Crippen molar-refractivity contribution in [2.45, 2.75) is 46.1 Å². The number of aryl methyl sites for hydroxylation is 2. The summed E-state index contributed by atoms with van der Waals surface area (Å²) in [5.41, 5.74) is 5.61. The number of carbonyl (C=O) groups is 2. The normalized spacial score (nSPS) is 15.8. The Morgan fingerprint density at radius 1 is 0.737 bits per heavy atom. The molecular weight excluding hydrogens is 470 g/mol. The fraction of sp³-hybridized carbons (Fsp3) is 0.212. The van der Waals surface area contributed by atoms with Crippen molar-refractivity contribution in [1.82, 2.24) is 5.32 Å². The molecule has 38 heavy (non-hydrogen) atoms. The summed E-state index contributed by atoms with van der Waals surface area (Å²) in [6.07, 6.45) is 0. The topological polar surface area (TPSA) is 70.2 Å². The van der Waals surface area contributed by atoms with E-state index in [4.69, 9.17) is 0 Å². The number of hydrogen-bond acceptors (Lipinski definition) is 3. The average Bonchev–Trinajstić information content (AvgIpc) is 2.89. The van der Waals surface area contributed by atoms with Crippen LogP contribution >= 0.6 is 0 Å². The van der Waals surface area contributed by atoms with Gasteiger partial charge in [-0.2, -0.15) is 0 Å². The van der Waals surface area contributed by atoms with Crippen molar-refractivity contribution in [2.24, 2.45) is 0 Å². The van der Waals surface area contributed by atoms with Crippen LogP contribution in [0.5, 0.6) is 0 Å². The fourth-order valence-corrected chi connectivity index (χ4v) is 4.99. The van der Waals surface area contributed by atoms with E-state index in [0.29, 0.717) is 17.1 Å². The molecule has 1 atom stereocenters. The second-order valence-electron chi connectivity index (χ2n) is 10.7. The van der Waals surface area contributed by atoms with E-state index < -0.39 is 17.4 Å². The average molecular weight is 504 g/mol. The molecule has 1 aliphatic heterocycles. The maximum absolute atomic E-state index is 14.0. The standard InChI is InChI=1S/C33H33N3O2/c1-20-10-15-24(16-11-20)34-31(37)29(32(38)35-25-17-12-21(2)13-18-25)30-28-26(22(3)33(4,5)36-30)19-14-23-8-6-7-9-27(23)28/h6-19,22,36H,1-5H3,(H,34,37)(H,35,38). The van der Waals surface area contributed by atoms with Gasteiger partial charge in [0.25, 0.3) is 11.8 Å². The zero-order valence-corrected chi connectivity index (χ0v) is 22.5. The predicted octanol–water partition coefficient (Wildman–Crippen LogP) is 6.93. The third kappa shape index (κ3) is 4.80. The first-order valence-corrected chi connectivity index (χ1v) is 12.9. The van der Waals surface area contributed by atoms with Crippen LogP contribution < -0.4 is 16.0 Å². The Kier molecular flexibility index (Phi) is 6.53. The monoisotopic (exact) mass is 503 g/mol. The Hall–Kier alpha value is -4.38. The minimum absolute atomic E-state index is 0.0451. The summed E-state index contributed by atoms with van der Waals surface area (Å²) in [6, 6.07) is 27.4. The van der Waals surface area contributed by atoms with Crippen molar-refractivity contribution in [3.05, 3.63) is 113 Å². The van der Waals surface area contributed by atoms with Gasteiger partial charge in [-0.05, 0) is 68.3 Å². The van der Waals surface area contributed by atoms with E-state index >= 15 is 0 Å². The van der Waals surface area contributed by atoms with Gasteiger partial charge in [0, 0.05) is 28.4 Å². The van der Waals surface area contributed by atoms with Crippen molar-refractivity contribution in [2.75, 3.05) is 10.6 Å². The van der Waals surface area contributed by atoms with Crippen molar-refractivity contribution >= 4 is 39.7 Å². The summed E-state index contributed by atoms with van der Waals surface area (Å²) in [5, 5.41) is 11.6. The lowest BCUT2D eigenvalue weighted by atomic mass is 9.74. The zero-order valence-electron chi connectivity index (χ0n) is 22.5. The van der Waals surface area contributed by atoms with Gasteiger partial charge in [0.05, 0.1) is 5.70 Å². The van der Waals surface area contributed by atoms with Gasteiger partial charge in [-0.3, -0.25) is 9.59 Å². The fourth-order valence-electron chi connectivity index (χ4n) is 4.99. The maximum Gasteiger partial charge on any atom is 0.263 e. The minimum atomic E-state index is -0.467. The van der Waals surface area contributed by atoms with Crippen LogP contribution in [-0.4, -0.2) is 17.4 Å². The molecule has 5 nitrogen and oxygen atoms in total. The highest BCUT2D eigenvalue weighted by molar-refractivity contribution is 6.31. The zero-order chi connectivity index (χ0) is 27.0. The van der Waals surface area contributed by atoms with Crippen molar-refractivity contribution in [3.63, 3.8) is 0 Å². The number of carbonyl (C=O) groups excluding carboxylic acids is 2. The summed E-state index contributed by atoms with van der Waals surface area (Å²) in [7, 11) is 0. The summed E-state index contributed by atoms with van der Waals surface area (Å²) >= 11 is 0. The molecule has 4 aromatic rings. The number of fused-ring (bicyclic) bond motifs is 3. The van der Waals surface area contributed by atoms with Gasteiger partial charge in [0.1, 0.15) is 5.57 Å². The van der Waals surface area contributed by atoms with Crippen LogP contribution in [0.3, 0.4) is 0 Å². The van der Waals surface area contributed by atoms with Gasteiger partial charge >= 0.3 is 0 Å². The van der Waals surface area contributed by atoms with E-state index in [1.807, 2.05) is 80.6 Å². The summed E-state index contributed by atoms with van der Waals surface area (Å²) in [4.78, 5) is 27.9. The molecule has 0 saturated heterocycles. The molecule has 0 radical (unpaired) electrons. The molecule has 0 spiro atoms. The number of nitrogens with one attached hydrogen (secondary N) is 3. The van der Waals surface area contributed by atoms with Crippen LogP contribution in [0.25, 0.3) is 16.5 Å². The molecule has 1 unspecified atom stereocenters. The molecule has 5 heteroatoms. The molecule has 1 heterocycles. The largest absolute Gasteiger partial charge is 0.378 e. The van der Waals surface area contributed by atoms with E-state index in [1.54, 1.807) is 0 Å². The number of rotatable bonds is 4. The smallest absolute Gasteiger partial charge is 0.263 e. The van der Waals surface area contributed by atoms with Gasteiger partial charge in [-0.15, -0.1) is 0 Å². The number of benzene rings is 4. The lowest BCUT2D eigenvalue weighted by molar-refractivity contribution is -0.118. The lowest BCUT2D eigenvalue weighted by Crippen LogP contribution is -2.48. The predicted molar refractivity (Wildman–Crippen MR) is 156 cm³/mol. The Morgan fingerprint density at radius 2 is 1.26 bits per heavy atom. The van der Waals surface area contributed by atoms with Crippen LogP contribution in [0.1, 0.15) is 48.9 Å². The van der Waals surface area contributed by atoms with Crippen LogP contribution in [0, 0.1) is 13.8 Å². The van der Waals surface area contributed by atoms with Crippen LogP contribution in [0.2, 0.25) is 0 Å². The molecule has 4 aromatic carbocycles. The SMILES string of the molecule is Cc1ccc(NC(=O)C(C(=O)Nc2ccc(C)cc2)=C2NC(C)(C)C(C)c3ccc4ccccc4c32)cc1. The van der Waals surface area contributed by atoms with Crippen molar-refractivity contribution < 1.29 is 9.59 Å². The van der Waals surface area contributed by atoms with Crippen molar-refractivity contribution in [1.29, 1.82) is 0 Å². The second-order valence-corrected chi connectivity index (χ2v) is 10.7. The first-order chi connectivity index (χ1) is 18.1. The first kappa shape index (κ1) is 25.3. The van der Waals surface area contributed by atoms with Crippen LogP contribution in [0.15, 0.2) is 90.5 Å². The Labute approximate surface area is 224 Å². The number of anilines is 2. The molecular formula is C33H33N3O2. The third-order valence-electron chi connectivity index (χ3n) is 7.53. The van der Waals surface area contributed by atoms with E-state index in [1.165, 1.54) is 0 Å².